The van der Waals surface area contributed by atoms with E-state index >= 15 is 0 Å². The number of fused-ring (bicyclic) bond motifs is 2. The zero-order valence-corrected chi connectivity index (χ0v) is 15.5. The number of anilines is 1. The molecule has 0 bridgehead atoms. The van der Waals surface area contributed by atoms with E-state index in [1.165, 1.54) is 0 Å². The van der Waals surface area contributed by atoms with Crippen molar-refractivity contribution < 1.29 is 9.53 Å². The molecule has 0 fully saturated rings. The Balaban J connectivity index is 1.57. The number of hydrogen-bond acceptors (Lipinski definition) is 6. The molecule has 0 atom stereocenters. The first-order chi connectivity index (χ1) is 14.2. The van der Waals surface area contributed by atoms with Crippen molar-refractivity contribution in [2.45, 2.75) is 13.0 Å². The maximum atomic E-state index is 11.7. The normalized spacial score (nSPS) is 12.6. The molecule has 4 heterocycles. The topological polar surface area (TPSA) is 107 Å². The van der Waals surface area contributed by atoms with Gasteiger partial charge < -0.3 is 15.8 Å². The molecule has 0 saturated carbocycles. The quantitative estimate of drug-likeness (QED) is 0.545. The highest BCUT2D eigenvalue weighted by atomic mass is 16.5. The Bertz CT molecular complexity index is 1220. The van der Waals surface area contributed by atoms with Gasteiger partial charge in [0.2, 0.25) is 5.88 Å². The molecule has 0 saturated heterocycles. The van der Waals surface area contributed by atoms with Crippen LogP contribution in [0.1, 0.15) is 21.6 Å². The molecule has 0 spiro atoms. The van der Waals surface area contributed by atoms with E-state index in [1.54, 1.807) is 22.9 Å². The number of ether oxygens (including phenoxy) is 1. The first-order valence-electron chi connectivity index (χ1n) is 9.28. The number of amides is 1. The van der Waals surface area contributed by atoms with E-state index in [-0.39, 0.29) is 0 Å². The summed E-state index contributed by atoms with van der Waals surface area (Å²) in [5.41, 5.74) is 9.20. The molecule has 0 unspecified atom stereocenters. The summed E-state index contributed by atoms with van der Waals surface area (Å²) in [5, 5.41) is 3.40. The van der Waals surface area contributed by atoms with Crippen LogP contribution in [0.3, 0.4) is 0 Å². The molecule has 8 nitrogen and oxygen atoms in total. The minimum Gasteiger partial charge on any atom is -0.477 e. The number of carbonyl (C=O) groups excluding carboxylic acids is 1. The lowest BCUT2D eigenvalue weighted by molar-refractivity contribution is 0.0994. The Morgan fingerprint density at radius 3 is 2.83 bits per heavy atom. The molecule has 1 aromatic carbocycles. The first-order valence-corrected chi connectivity index (χ1v) is 9.28. The first kappa shape index (κ1) is 17.2. The van der Waals surface area contributed by atoms with Gasteiger partial charge >= 0.3 is 0 Å². The molecule has 3 aromatic heterocycles. The maximum absolute atomic E-state index is 11.7. The Kier molecular flexibility index (Phi) is 4.09. The summed E-state index contributed by atoms with van der Waals surface area (Å²) >= 11 is 0. The van der Waals surface area contributed by atoms with Crippen LogP contribution < -0.4 is 15.8 Å². The third-order valence-electron chi connectivity index (χ3n) is 4.90. The van der Waals surface area contributed by atoms with Gasteiger partial charge in [-0.3, -0.25) is 9.20 Å². The second-order valence-corrected chi connectivity index (χ2v) is 6.74. The molecule has 29 heavy (non-hydrogen) atoms. The van der Waals surface area contributed by atoms with Gasteiger partial charge in [0, 0.05) is 13.0 Å². The Morgan fingerprint density at radius 1 is 1.14 bits per heavy atom. The Labute approximate surface area is 166 Å². The van der Waals surface area contributed by atoms with Crippen LogP contribution in [0.5, 0.6) is 5.88 Å². The molecule has 1 aliphatic rings. The van der Waals surface area contributed by atoms with Crippen LogP contribution in [-0.2, 0) is 13.0 Å². The number of nitrogens with zero attached hydrogens (tertiary/aromatic N) is 4. The van der Waals surface area contributed by atoms with E-state index in [9.17, 15) is 4.79 Å². The van der Waals surface area contributed by atoms with Gasteiger partial charge in [0.25, 0.3) is 5.91 Å². The molecule has 3 N–H and O–H groups in total. The van der Waals surface area contributed by atoms with Crippen molar-refractivity contribution in [2.75, 3.05) is 11.9 Å². The molecular formula is C21H18N6O2. The molecule has 0 radical (unpaired) electrons. The van der Waals surface area contributed by atoms with Gasteiger partial charge in [-0.25, -0.2) is 9.97 Å². The lowest BCUT2D eigenvalue weighted by atomic mass is 10.2. The molecule has 1 aliphatic heterocycles. The van der Waals surface area contributed by atoms with Gasteiger partial charge in [0.1, 0.15) is 23.5 Å². The van der Waals surface area contributed by atoms with Crippen molar-refractivity contribution in [3.63, 3.8) is 0 Å². The second kappa shape index (κ2) is 6.90. The highest BCUT2D eigenvalue weighted by Gasteiger charge is 2.23. The zero-order valence-electron chi connectivity index (χ0n) is 15.5. The highest BCUT2D eigenvalue weighted by molar-refractivity contribution is 5.92. The molecule has 5 rings (SSSR count). The van der Waals surface area contributed by atoms with E-state index in [0.717, 1.165) is 23.4 Å². The Hall–Kier alpha value is -3.94. The lowest BCUT2D eigenvalue weighted by Gasteiger charge is -2.11. The highest BCUT2D eigenvalue weighted by Crippen LogP contribution is 2.32. The summed E-state index contributed by atoms with van der Waals surface area (Å²) in [5.74, 6) is 1.21. The number of aromatic nitrogens is 4. The molecule has 8 heteroatoms. The minimum atomic E-state index is -0.525. The maximum Gasteiger partial charge on any atom is 0.265 e. The van der Waals surface area contributed by atoms with E-state index in [2.05, 4.69) is 27.4 Å². The number of rotatable bonds is 5. The number of hydrogen-bond donors (Lipinski definition) is 2. The van der Waals surface area contributed by atoms with Crippen molar-refractivity contribution >= 4 is 17.2 Å². The summed E-state index contributed by atoms with van der Waals surface area (Å²) < 4.78 is 7.35. The largest absolute Gasteiger partial charge is 0.477 e. The van der Waals surface area contributed by atoms with Crippen LogP contribution >= 0.6 is 0 Å². The van der Waals surface area contributed by atoms with Gasteiger partial charge in [-0.1, -0.05) is 36.4 Å². The van der Waals surface area contributed by atoms with E-state index in [4.69, 9.17) is 15.5 Å². The SMILES string of the molecule is NC(=O)c1cccc2c(-c3nc(NCc4ccccc4)c4c(n3)OCC4)ncn12. The fourth-order valence-corrected chi connectivity index (χ4v) is 3.48. The zero-order chi connectivity index (χ0) is 19.8. The number of carbonyl (C=O) groups is 1. The standard InChI is InChI=1S/C21H18N6O2/c22-18(28)16-8-4-7-15-17(24-12-27(15)16)20-25-19(14-9-10-29-21(14)26-20)23-11-13-5-2-1-3-6-13/h1-8,12H,9-11H2,(H2,22,28)(H,23,25,26). The average molecular weight is 386 g/mol. The fourth-order valence-electron chi connectivity index (χ4n) is 3.48. The smallest absolute Gasteiger partial charge is 0.265 e. The van der Waals surface area contributed by atoms with E-state index in [0.29, 0.717) is 41.8 Å². The number of pyridine rings is 1. The van der Waals surface area contributed by atoms with Gasteiger partial charge in [-0.2, -0.15) is 4.98 Å². The van der Waals surface area contributed by atoms with Crippen LogP contribution in [0.25, 0.3) is 17.0 Å². The monoisotopic (exact) mass is 386 g/mol. The lowest BCUT2D eigenvalue weighted by Crippen LogP contribution is -2.14. The van der Waals surface area contributed by atoms with Crippen LogP contribution in [0.2, 0.25) is 0 Å². The summed E-state index contributed by atoms with van der Waals surface area (Å²) in [6.45, 7) is 1.21. The number of primary amides is 1. The number of nitrogens with one attached hydrogen (secondary N) is 1. The van der Waals surface area contributed by atoms with Gasteiger partial charge in [0.15, 0.2) is 5.82 Å². The predicted octanol–water partition coefficient (Wildman–Crippen LogP) is 2.44. The summed E-state index contributed by atoms with van der Waals surface area (Å²) in [4.78, 5) is 25.4. The fraction of sp³-hybridized carbons (Fsp3) is 0.143. The summed E-state index contributed by atoms with van der Waals surface area (Å²) in [6.07, 6.45) is 2.31. The molecule has 1 amide bonds. The van der Waals surface area contributed by atoms with E-state index in [1.807, 2.05) is 24.3 Å². The van der Waals surface area contributed by atoms with Crippen molar-refractivity contribution in [3.05, 3.63) is 71.7 Å². The van der Waals surface area contributed by atoms with Gasteiger partial charge in [-0.05, 0) is 17.7 Å². The van der Waals surface area contributed by atoms with Crippen LogP contribution in [-0.4, -0.2) is 31.9 Å². The minimum absolute atomic E-state index is 0.348. The molecular weight excluding hydrogens is 368 g/mol. The van der Waals surface area contributed by atoms with Gasteiger partial charge in [-0.15, -0.1) is 0 Å². The van der Waals surface area contributed by atoms with Crippen LogP contribution in [0.4, 0.5) is 5.82 Å². The van der Waals surface area contributed by atoms with Crippen molar-refractivity contribution in [2.24, 2.45) is 5.73 Å². The number of imidazole rings is 1. The van der Waals surface area contributed by atoms with Gasteiger partial charge in [0.05, 0.1) is 17.7 Å². The number of nitrogens with two attached hydrogens (primary N) is 1. The van der Waals surface area contributed by atoms with E-state index < -0.39 is 5.91 Å². The summed E-state index contributed by atoms with van der Waals surface area (Å²) in [6, 6.07) is 15.4. The second-order valence-electron chi connectivity index (χ2n) is 6.74. The molecule has 4 aromatic rings. The Morgan fingerprint density at radius 2 is 2.00 bits per heavy atom. The summed E-state index contributed by atoms with van der Waals surface area (Å²) in [7, 11) is 0. The third kappa shape index (κ3) is 3.04. The molecule has 144 valence electrons. The van der Waals surface area contributed by atoms with Crippen molar-refractivity contribution in [1.82, 2.24) is 19.4 Å². The molecule has 0 aliphatic carbocycles. The average Bonchev–Trinajstić information content (AvgIpc) is 3.39. The van der Waals surface area contributed by atoms with Crippen LogP contribution in [0, 0.1) is 0 Å². The number of benzene rings is 1. The van der Waals surface area contributed by atoms with Crippen LogP contribution in [0.15, 0.2) is 54.9 Å². The third-order valence-corrected chi connectivity index (χ3v) is 4.90. The van der Waals surface area contributed by atoms with Crippen molar-refractivity contribution in [1.29, 1.82) is 0 Å². The predicted molar refractivity (Wildman–Crippen MR) is 108 cm³/mol. The van der Waals surface area contributed by atoms with Crippen molar-refractivity contribution in [3.8, 4) is 17.4 Å².